The van der Waals surface area contributed by atoms with E-state index in [2.05, 4.69) is 4.90 Å². The van der Waals surface area contributed by atoms with E-state index in [0.717, 1.165) is 18.5 Å². The Balaban J connectivity index is 2.32. The summed E-state index contributed by atoms with van der Waals surface area (Å²) in [7, 11) is 1.99. The first-order valence-corrected chi connectivity index (χ1v) is 7.53. The highest BCUT2D eigenvalue weighted by Gasteiger charge is 2.22. The molecule has 0 N–H and O–H groups in total. The van der Waals surface area contributed by atoms with Crippen LogP contribution in [-0.2, 0) is 0 Å². The Morgan fingerprint density at radius 2 is 1.86 bits per heavy atom. The summed E-state index contributed by atoms with van der Waals surface area (Å²) in [5.74, 6) is -0.130. The molecule has 0 aliphatic heterocycles. The Labute approximate surface area is 125 Å². The molecule has 0 saturated heterocycles. The van der Waals surface area contributed by atoms with Crippen molar-refractivity contribution in [3.8, 4) is 0 Å². The minimum absolute atomic E-state index is 0.0294. The number of anilines is 1. The molecule has 0 aromatic heterocycles. The minimum Gasteiger partial charge on any atom is -0.371 e. The van der Waals surface area contributed by atoms with Gasteiger partial charge >= 0.3 is 0 Å². The van der Waals surface area contributed by atoms with E-state index in [9.17, 15) is 14.9 Å². The fraction of sp³-hybridized carbons (Fsp3) is 0.562. The lowest BCUT2D eigenvalue weighted by atomic mass is 10.0. The van der Waals surface area contributed by atoms with Crippen LogP contribution in [0.5, 0.6) is 0 Å². The molecule has 0 atom stereocenters. The summed E-state index contributed by atoms with van der Waals surface area (Å²) >= 11 is 0. The highest BCUT2D eigenvalue weighted by Crippen LogP contribution is 2.30. The number of rotatable bonds is 4. The van der Waals surface area contributed by atoms with Crippen molar-refractivity contribution >= 4 is 17.2 Å². The number of nitro groups is 1. The molecule has 0 heterocycles. The highest BCUT2D eigenvalue weighted by molar-refractivity contribution is 6.00. The van der Waals surface area contributed by atoms with Crippen molar-refractivity contribution in [1.82, 2.24) is 0 Å². The summed E-state index contributed by atoms with van der Waals surface area (Å²) in [5, 5.41) is 10.9. The Hall–Kier alpha value is -1.91. The van der Waals surface area contributed by atoms with Crippen molar-refractivity contribution < 1.29 is 9.72 Å². The van der Waals surface area contributed by atoms with E-state index < -0.39 is 4.92 Å². The van der Waals surface area contributed by atoms with Gasteiger partial charge in [-0.2, -0.15) is 0 Å². The van der Waals surface area contributed by atoms with Crippen LogP contribution >= 0.6 is 0 Å². The van der Waals surface area contributed by atoms with Gasteiger partial charge in [-0.3, -0.25) is 14.9 Å². The molecule has 1 aliphatic carbocycles. The van der Waals surface area contributed by atoms with E-state index in [1.165, 1.54) is 44.7 Å². The normalized spacial score (nSPS) is 16.3. The van der Waals surface area contributed by atoms with Gasteiger partial charge in [-0.1, -0.05) is 25.7 Å². The average molecular weight is 290 g/mol. The second-order valence-corrected chi connectivity index (χ2v) is 5.77. The predicted octanol–water partition coefficient (Wildman–Crippen LogP) is 3.96. The molecule has 0 radical (unpaired) electrons. The van der Waals surface area contributed by atoms with Gasteiger partial charge in [0.2, 0.25) is 0 Å². The van der Waals surface area contributed by atoms with Gasteiger partial charge in [0, 0.05) is 36.5 Å². The second-order valence-electron chi connectivity index (χ2n) is 5.77. The van der Waals surface area contributed by atoms with Gasteiger partial charge < -0.3 is 4.90 Å². The maximum Gasteiger partial charge on any atom is 0.270 e. The quantitative estimate of drug-likeness (QED) is 0.364. The Kier molecular flexibility index (Phi) is 4.94. The number of Topliss-reactive ketones (excluding diaryl/α,β-unsaturated/α-hetero) is 1. The van der Waals surface area contributed by atoms with Crippen molar-refractivity contribution in [2.45, 2.75) is 51.5 Å². The first-order chi connectivity index (χ1) is 10.0. The van der Waals surface area contributed by atoms with Gasteiger partial charge in [0.1, 0.15) is 0 Å². The van der Waals surface area contributed by atoms with Gasteiger partial charge in [-0.25, -0.2) is 0 Å². The van der Waals surface area contributed by atoms with Crippen molar-refractivity contribution in [1.29, 1.82) is 0 Å². The summed E-state index contributed by atoms with van der Waals surface area (Å²) in [4.78, 5) is 24.4. The van der Waals surface area contributed by atoms with Gasteiger partial charge in [-0.15, -0.1) is 0 Å². The first-order valence-electron chi connectivity index (χ1n) is 7.53. The molecule has 0 spiro atoms. The van der Waals surface area contributed by atoms with Gasteiger partial charge in [0.25, 0.3) is 5.69 Å². The molecule has 1 saturated carbocycles. The lowest BCUT2D eigenvalue weighted by Gasteiger charge is -2.30. The third kappa shape index (κ3) is 3.60. The predicted molar refractivity (Wildman–Crippen MR) is 83.0 cm³/mol. The number of nitro benzene ring substituents is 1. The molecule has 114 valence electrons. The fourth-order valence-corrected chi connectivity index (χ4v) is 3.07. The molecule has 1 aromatic rings. The van der Waals surface area contributed by atoms with Crippen LogP contribution in [0.4, 0.5) is 11.4 Å². The van der Waals surface area contributed by atoms with Crippen LogP contribution in [-0.4, -0.2) is 23.8 Å². The molecular weight excluding hydrogens is 268 g/mol. The molecule has 1 aliphatic rings. The summed E-state index contributed by atoms with van der Waals surface area (Å²) < 4.78 is 0. The smallest absolute Gasteiger partial charge is 0.270 e. The van der Waals surface area contributed by atoms with Crippen molar-refractivity contribution in [3.05, 3.63) is 33.9 Å². The Morgan fingerprint density at radius 1 is 1.24 bits per heavy atom. The maximum absolute atomic E-state index is 11.8. The fourth-order valence-electron chi connectivity index (χ4n) is 3.07. The third-order valence-electron chi connectivity index (χ3n) is 4.32. The van der Waals surface area contributed by atoms with E-state index >= 15 is 0 Å². The molecule has 5 nitrogen and oxygen atoms in total. The zero-order valence-corrected chi connectivity index (χ0v) is 12.7. The van der Waals surface area contributed by atoms with Crippen LogP contribution in [0.3, 0.4) is 0 Å². The number of non-ortho nitro benzene ring substituents is 1. The van der Waals surface area contributed by atoms with E-state index in [4.69, 9.17) is 0 Å². The molecule has 0 bridgehead atoms. The molecule has 0 amide bonds. The molecular formula is C16H22N2O3. The summed E-state index contributed by atoms with van der Waals surface area (Å²) in [5.41, 5.74) is 1.22. The lowest BCUT2D eigenvalue weighted by molar-refractivity contribution is -0.384. The van der Waals surface area contributed by atoms with Crippen LogP contribution < -0.4 is 4.90 Å². The zero-order valence-electron chi connectivity index (χ0n) is 12.7. The van der Waals surface area contributed by atoms with Crippen molar-refractivity contribution in [2.75, 3.05) is 11.9 Å². The first kappa shape index (κ1) is 15.5. The number of hydrogen-bond donors (Lipinski definition) is 0. The summed E-state index contributed by atoms with van der Waals surface area (Å²) in [6.07, 6.45) is 7.18. The zero-order chi connectivity index (χ0) is 15.4. The maximum atomic E-state index is 11.8. The average Bonchev–Trinajstić information content (AvgIpc) is 2.74. The summed E-state index contributed by atoms with van der Waals surface area (Å²) in [6, 6.07) is 4.99. The largest absolute Gasteiger partial charge is 0.371 e. The molecule has 1 fully saturated rings. The second kappa shape index (κ2) is 6.70. The van der Waals surface area contributed by atoms with Gasteiger partial charge in [-0.05, 0) is 25.8 Å². The Morgan fingerprint density at radius 3 is 2.38 bits per heavy atom. The Bertz CT molecular complexity index is 534. The third-order valence-corrected chi connectivity index (χ3v) is 4.32. The molecule has 2 rings (SSSR count). The van der Waals surface area contributed by atoms with Crippen molar-refractivity contribution in [3.63, 3.8) is 0 Å². The number of hydrogen-bond acceptors (Lipinski definition) is 4. The topological polar surface area (TPSA) is 63.4 Å². The monoisotopic (exact) mass is 290 g/mol. The number of carbonyl (C=O) groups excluding carboxylic acids is 1. The van der Waals surface area contributed by atoms with Crippen LogP contribution in [0.2, 0.25) is 0 Å². The van der Waals surface area contributed by atoms with Gasteiger partial charge in [0.15, 0.2) is 5.78 Å². The van der Waals surface area contributed by atoms with E-state index in [1.807, 2.05) is 7.05 Å². The minimum atomic E-state index is -0.456. The van der Waals surface area contributed by atoms with Crippen LogP contribution in [0, 0.1) is 10.1 Å². The molecule has 21 heavy (non-hydrogen) atoms. The highest BCUT2D eigenvalue weighted by atomic mass is 16.6. The van der Waals surface area contributed by atoms with Crippen LogP contribution in [0.15, 0.2) is 18.2 Å². The summed E-state index contributed by atoms with van der Waals surface area (Å²) in [6.45, 7) is 1.46. The SMILES string of the molecule is CC(=O)c1cc([N+](=O)[O-])ccc1N(C)C1CCCCCC1. The van der Waals surface area contributed by atoms with E-state index in [-0.39, 0.29) is 11.5 Å². The van der Waals surface area contributed by atoms with Crippen LogP contribution in [0.1, 0.15) is 55.8 Å². The van der Waals surface area contributed by atoms with Crippen LogP contribution in [0.25, 0.3) is 0 Å². The van der Waals surface area contributed by atoms with E-state index in [1.54, 1.807) is 6.07 Å². The molecule has 5 heteroatoms. The van der Waals surface area contributed by atoms with E-state index in [0.29, 0.717) is 11.6 Å². The number of ketones is 1. The molecule has 0 unspecified atom stereocenters. The number of benzene rings is 1. The number of nitrogens with zero attached hydrogens (tertiary/aromatic N) is 2. The van der Waals surface area contributed by atoms with Crippen molar-refractivity contribution in [2.24, 2.45) is 0 Å². The lowest BCUT2D eigenvalue weighted by Crippen LogP contribution is -2.32. The standard InChI is InChI=1S/C16H22N2O3/c1-12(19)15-11-14(18(20)21)9-10-16(15)17(2)13-7-5-3-4-6-8-13/h9-11,13H,3-8H2,1-2H3. The molecule has 1 aromatic carbocycles. The number of carbonyl (C=O) groups is 1. The van der Waals surface area contributed by atoms with Gasteiger partial charge in [0.05, 0.1) is 4.92 Å².